The summed E-state index contributed by atoms with van der Waals surface area (Å²) in [4.78, 5) is 11.9. The molecule has 0 radical (unpaired) electrons. The van der Waals surface area contributed by atoms with Gasteiger partial charge in [-0.1, -0.05) is 48.5 Å². The van der Waals surface area contributed by atoms with Gasteiger partial charge in [0.25, 0.3) is 0 Å². The van der Waals surface area contributed by atoms with Gasteiger partial charge in [0.05, 0.1) is 12.6 Å². The Bertz CT molecular complexity index is 705. The van der Waals surface area contributed by atoms with Crippen molar-refractivity contribution >= 4 is 6.09 Å². The molecule has 2 N–H and O–H groups in total. The van der Waals surface area contributed by atoms with E-state index in [1.807, 2.05) is 45.0 Å². The van der Waals surface area contributed by atoms with Crippen LogP contribution in [0.2, 0.25) is 0 Å². The summed E-state index contributed by atoms with van der Waals surface area (Å²) in [5, 5.41) is 12.3. The molecule has 0 aromatic heterocycles. The molecule has 0 aliphatic carbocycles. The lowest BCUT2D eigenvalue weighted by Crippen LogP contribution is -2.42. The summed E-state index contributed by atoms with van der Waals surface area (Å²) in [7, 11) is 0. The van der Waals surface area contributed by atoms with Crippen molar-refractivity contribution < 1.29 is 14.6 Å². The monoisotopic (exact) mass is 341 g/mol. The molecule has 1 amide bonds. The molecule has 0 aliphatic rings. The number of aliphatic hydroxyl groups excluding tert-OH is 1. The number of nitrogens with one attached hydrogen (secondary N) is 1. The molecule has 1 atom stereocenters. The minimum absolute atomic E-state index is 0.140. The number of hydrogen-bond donors (Lipinski definition) is 2. The first-order valence-corrected chi connectivity index (χ1v) is 8.54. The molecule has 0 spiro atoms. The Morgan fingerprint density at radius 2 is 1.84 bits per heavy atom. The van der Waals surface area contributed by atoms with E-state index in [9.17, 15) is 9.90 Å². The molecular formula is C21H27NO3. The molecule has 25 heavy (non-hydrogen) atoms. The maximum absolute atomic E-state index is 11.9. The Morgan fingerprint density at radius 3 is 2.40 bits per heavy atom. The third kappa shape index (κ3) is 5.91. The van der Waals surface area contributed by atoms with Gasteiger partial charge in [-0.3, -0.25) is 0 Å². The number of carbonyl (C=O) groups excluding carboxylic acids is 1. The Morgan fingerprint density at radius 1 is 1.16 bits per heavy atom. The summed E-state index contributed by atoms with van der Waals surface area (Å²) in [5.74, 6) is 0. The van der Waals surface area contributed by atoms with E-state index in [1.165, 1.54) is 11.1 Å². The second-order valence-corrected chi connectivity index (χ2v) is 7.25. The van der Waals surface area contributed by atoms with E-state index >= 15 is 0 Å². The van der Waals surface area contributed by atoms with Gasteiger partial charge in [0.1, 0.15) is 5.60 Å². The standard InChI is InChI=1S/C21H27NO3/c1-15-12-16(10-11-19(15)17-8-6-5-7-9-17)13-18(14-23)22-20(24)25-21(2,3)4/h5-12,18,23H,13-14H2,1-4H3,(H,22,24)/t18-/m1/s1. The third-order valence-electron chi connectivity index (χ3n) is 3.80. The summed E-state index contributed by atoms with van der Waals surface area (Å²) in [6, 6.07) is 16.1. The quantitative estimate of drug-likeness (QED) is 0.861. The zero-order chi connectivity index (χ0) is 18.4. The topological polar surface area (TPSA) is 58.6 Å². The summed E-state index contributed by atoms with van der Waals surface area (Å²) in [5.41, 5.74) is 4.03. The van der Waals surface area contributed by atoms with Crippen LogP contribution in [-0.2, 0) is 11.2 Å². The number of rotatable bonds is 5. The Balaban J connectivity index is 2.06. The minimum atomic E-state index is -0.558. The van der Waals surface area contributed by atoms with Gasteiger partial charge in [-0.2, -0.15) is 0 Å². The number of benzene rings is 2. The largest absolute Gasteiger partial charge is 0.444 e. The highest BCUT2D eigenvalue weighted by Crippen LogP contribution is 2.24. The lowest BCUT2D eigenvalue weighted by molar-refractivity contribution is 0.0483. The average molecular weight is 341 g/mol. The first kappa shape index (κ1) is 19.0. The number of ether oxygens (including phenoxy) is 1. The molecule has 0 fully saturated rings. The second-order valence-electron chi connectivity index (χ2n) is 7.25. The predicted molar refractivity (Wildman–Crippen MR) is 101 cm³/mol. The molecule has 4 nitrogen and oxygen atoms in total. The van der Waals surface area contributed by atoms with E-state index in [2.05, 4.69) is 36.5 Å². The fourth-order valence-electron chi connectivity index (χ4n) is 2.71. The fraction of sp³-hybridized carbons (Fsp3) is 0.381. The Hall–Kier alpha value is -2.33. The van der Waals surface area contributed by atoms with Crippen LogP contribution in [0, 0.1) is 6.92 Å². The van der Waals surface area contributed by atoms with Gasteiger partial charge in [-0.05, 0) is 56.4 Å². The average Bonchev–Trinajstić information content (AvgIpc) is 2.53. The molecular weight excluding hydrogens is 314 g/mol. The number of hydrogen-bond acceptors (Lipinski definition) is 3. The van der Waals surface area contributed by atoms with Crippen LogP contribution >= 0.6 is 0 Å². The summed E-state index contributed by atoms with van der Waals surface area (Å²) < 4.78 is 5.25. The van der Waals surface area contributed by atoms with Crippen LogP contribution in [0.15, 0.2) is 48.5 Å². The molecule has 0 unspecified atom stereocenters. The number of carbonyl (C=O) groups is 1. The van der Waals surface area contributed by atoms with Crippen molar-refractivity contribution in [2.75, 3.05) is 6.61 Å². The van der Waals surface area contributed by atoms with Crippen LogP contribution < -0.4 is 5.32 Å². The number of amides is 1. The van der Waals surface area contributed by atoms with Crippen LogP contribution in [0.25, 0.3) is 11.1 Å². The summed E-state index contributed by atoms with van der Waals surface area (Å²) in [6.07, 6.45) is 0.0373. The van der Waals surface area contributed by atoms with Crippen molar-refractivity contribution in [3.8, 4) is 11.1 Å². The molecule has 0 saturated carbocycles. The lowest BCUT2D eigenvalue weighted by atomic mass is 9.96. The summed E-state index contributed by atoms with van der Waals surface area (Å²) in [6.45, 7) is 7.37. The van der Waals surface area contributed by atoms with Crippen molar-refractivity contribution in [3.05, 3.63) is 59.7 Å². The normalized spacial score (nSPS) is 12.5. The van der Waals surface area contributed by atoms with Crippen LogP contribution in [-0.4, -0.2) is 29.4 Å². The van der Waals surface area contributed by atoms with Crippen LogP contribution in [0.1, 0.15) is 31.9 Å². The van der Waals surface area contributed by atoms with E-state index in [0.29, 0.717) is 6.42 Å². The molecule has 0 aliphatic heterocycles. The zero-order valence-electron chi connectivity index (χ0n) is 15.4. The van der Waals surface area contributed by atoms with Crippen LogP contribution in [0.3, 0.4) is 0 Å². The smallest absolute Gasteiger partial charge is 0.407 e. The highest BCUT2D eigenvalue weighted by Gasteiger charge is 2.19. The minimum Gasteiger partial charge on any atom is -0.444 e. The van der Waals surface area contributed by atoms with E-state index < -0.39 is 11.7 Å². The van der Waals surface area contributed by atoms with Gasteiger partial charge in [-0.15, -0.1) is 0 Å². The Kier molecular flexibility index (Phi) is 6.21. The molecule has 2 aromatic carbocycles. The first-order chi connectivity index (χ1) is 11.8. The van der Waals surface area contributed by atoms with Crippen LogP contribution in [0.4, 0.5) is 4.79 Å². The van der Waals surface area contributed by atoms with Crippen molar-refractivity contribution in [2.24, 2.45) is 0 Å². The predicted octanol–water partition coefficient (Wildman–Crippen LogP) is 4.09. The van der Waals surface area contributed by atoms with Crippen molar-refractivity contribution in [1.29, 1.82) is 0 Å². The molecule has 134 valence electrons. The zero-order valence-corrected chi connectivity index (χ0v) is 15.4. The van der Waals surface area contributed by atoms with E-state index in [1.54, 1.807) is 0 Å². The summed E-state index contributed by atoms with van der Waals surface area (Å²) >= 11 is 0. The molecule has 0 heterocycles. The van der Waals surface area contributed by atoms with Gasteiger partial charge >= 0.3 is 6.09 Å². The van der Waals surface area contributed by atoms with E-state index in [-0.39, 0.29) is 12.6 Å². The van der Waals surface area contributed by atoms with E-state index in [4.69, 9.17) is 4.74 Å². The highest BCUT2D eigenvalue weighted by molar-refractivity contribution is 5.69. The fourth-order valence-corrected chi connectivity index (χ4v) is 2.71. The molecule has 2 aromatic rings. The number of alkyl carbamates (subject to hydrolysis) is 1. The van der Waals surface area contributed by atoms with Crippen molar-refractivity contribution in [3.63, 3.8) is 0 Å². The molecule has 0 bridgehead atoms. The number of aryl methyl sites for hydroxylation is 1. The van der Waals surface area contributed by atoms with Gasteiger partial charge in [-0.25, -0.2) is 4.79 Å². The lowest BCUT2D eigenvalue weighted by Gasteiger charge is -2.23. The first-order valence-electron chi connectivity index (χ1n) is 8.54. The van der Waals surface area contributed by atoms with Crippen molar-refractivity contribution in [1.82, 2.24) is 5.32 Å². The van der Waals surface area contributed by atoms with Crippen LogP contribution in [0.5, 0.6) is 0 Å². The SMILES string of the molecule is Cc1cc(C[C@H](CO)NC(=O)OC(C)(C)C)ccc1-c1ccccc1. The third-order valence-corrected chi connectivity index (χ3v) is 3.80. The maximum atomic E-state index is 11.9. The highest BCUT2D eigenvalue weighted by atomic mass is 16.6. The Labute approximate surface area is 149 Å². The number of aliphatic hydroxyl groups is 1. The van der Waals surface area contributed by atoms with Gasteiger partial charge < -0.3 is 15.2 Å². The molecule has 4 heteroatoms. The van der Waals surface area contributed by atoms with Gasteiger partial charge in [0, 0.05) is 0 Å². The van der Waals surface area contributed by atoms with Gasteiger partial charge in [0.2, 0.25) is 0 Å². The van der Waals surface area contributed by atoms with E-state index in [0.717, 1.165) is 11.1 Å². The maximum Gasteiger partial charge on any atom is 0.407 e. The molecule has 2 rings (SSSR count). The van der Waals surface area contributed by atoms with Gasteiger partial charge in [0.15, 0.2) is 0 Å². The second kappa shape index (κ2) is 8.17. The van der Waals surface area contributed by atoms with Crippen molar-refractivity contribution in [2.45, 2.75) is 45.8 Å². The molecule has 0 saturated heterocycles.